The van der Waals surface area contributed by atoms with Crippen LogP contribution in [0.4, 0.5) is 0 Å². The number of ether oxygens (including phenoxy) is 3. The van der Waals surface area contributed by atoms with E-state index in [1.54, 1.807) is 11.3 Å². The highest BCUT2D eigenvalue weighted by Crippen LogP contribution is 2.39. The number of hydrogen-bond acceptors (Lipinski definition) is 6. The van der Waals surface area contributed by atoms with Crippen LogP contribution in [0.2, 0.25) is 5.04 Å². The Labute approximate surface area is 280 Å². The van der Waals surface area contributed by atoms with Gasteiger partial charge in [0.2, 0.25) is 0 Å². The maximum Gasteiger partial charge on any atom is 0.261 e. The first-order valence-electron chi connectivity index (χ1n) is 16.1. The fraction of sp³-hybridized carbons (Fsp3) is 0.486. The average Bonchev–Trinajstić information content (AvgIpc) is 3.45. The van der Waals surface area contributed by atoms with Crippen molar-refractivity contribution in [2.45, 2.75) is 84.7 Å². The SMILES string of the molecule is CC(=Cc1csc(C)n1)[C@H](CC=C(Cl)COC[C@H](C)COC1CCCCO1)O[Si](c1ccccc1)(c1ccccc1)C(C)(C)C. The van der Waals surface area contributed by atoms with Gasteiger partial charge >= 0.3 is 0 Å². The Hall–Kier alpha value is -2.10. The predicted octanol–water partition coefficient (Wildman–Crippen LogP) is 8.51. The Bertz CT molecular complexity index is 1330. The van der Waals surface area contributed by atoms with Gasteiger partial charge in [-0.15, -0.1) is 11.3 Å². The molecule has 0 spiro atoms. The van der Waals surface area contributed by atoms with Crippen LogP contribution in [0.3, 0.4) is 0 Å². The van der Waals surface area contributed by atoms with Crippen LogP contribution in [-0.4, -0.2) is 52.1 Å². The molecule has 0 radical (unpaired) electrons. The summed E-state index contributed by atoms with van der Waals surface area (Å²) in [6.07, 6.45) is 7.79. The molecule has 1 unspecified atom stereocenters. The summed E-state index contributed by atoms with van der Waals surface area (Å²) in [7, 11) is -2.81. The summed E-state index contributed by atoms with van der Waals surface area (Å²) in [6.45, 7) is 15.5. The summed E-state index contributed by atoms with van der Waals surface area (Å²) in [5.41, 5.74) is 2.07. The van der Waals surface area contributed by atoms with Crippen LogP contribution >= 0.6 is 22.9 Å². The average molecular weight is 668 g/mol. The van der Waals surface area contributed by atoms with Crippen LogP contribution in [-0.2, 0) is 18.6 Å². The lowest BCUT2D eigenvalue weighted by Crippen LogP contribution is -2.67. The maximum atomic E-state index is 7.57. The Morgan fingerprint density at radius 2 is 1.73 bits per heavy atom. The Balaban J connectivity index is 1.55. The van der Waals surface area contributed by atoms with Crippen LogP contribution in [0.15, 0.2) is 82.7 Å². The lowest BCUT2D eigenvalue weighted by molar-refractivity contribution is -0.170. The van der Waals surface area contributed by atoms with Crippen molar-refractivity contribution in [3.05, 3.63) is 93.4 Å². The van der Waals surface area contributed by atoms with Gasteiger partial charge in [-0.05, 0) is 66.6 Å². The molecule has 1 aliphatic heterocycles. The van der Waals surface area contributed by atoms with E-state index in [1.807, 2.05) is 6.92 Å². The van der Waals surface area contributed by atoms with Gasteiger partial charge in [0.25, 0.3) is 8.32 Å². The molecule has 8 heteroatoms. The molecule has 1 fully saturated rings. The first-order valence-corrected chi connectivity index (χ1v) is 19.3. The van der Waals surface area contributed by atoms with Crippen LogP contribution in [0.1, 0.15) is 71.0 Å². The minimum atomic E-state index is -2.81. The van der Waals surface area contributed by atoms with Crippen molar-refractivity contribution in [1.29, 1.82) is 0 Å². The van der Waals surface area contributed by atoms with E-state index in [1.165, 1.54) is 10.4 Å². The van der Waals surface area contributed by atoms with E-state index in [2.05, 4.69) is 113 Å². The molecule has 3 atom stereocenters. The minimum Gasteiger partial charge on any atom is -0.400 e. The van der Waals surface area contributed by atoms with Gasteiger partial charge in [-0.2, -0.15) is 0 Å². The molecular formula is C37H50ClNO4SSi. The smallest absolute Gasteiger partial charge is 0.261 e. The number of halogens is 1. The summed E-state index contributed by atoms with van der Waals surface area (Å²) in [4.78, 5) is 4.71. The number of thiazole rings is 1. The minimum absolute atomic E-state index is 0.0818. The fourth-order valence-electron chi connectivity index (χ4n) is 5.82. The lowest BCUT2D eigenvalue weighted by atomic mass is 10.1. The van der Waals surface area contributed by atoms with Crippen molar-refractivity contribution in [3.63, 3.8) is 0 Å². The van der Waals surface area contributed by atoms with Gasteiger partial charge in [0.15, 0.2) is 6.29 Å². The molecule has 4 rings (SSSR count). The van der Waals surface area contributed by atoms with Gasteiger partial charge in [0.1, 0.15) is 0 Å². The van der Waals surface area contributed by atoms with E-state index >= 15 is 0 Å². The van der Waals surface area contributed by atoms with Crippen molar-refractivity contribution >= 4 is 47.7 Å². The maximum absolute atomic E-state index is 7.57. The second-order valence-electron chi connectivity index (χ2n) is 13.1. The van der Waals surface area contributed by atoms with Crippen molar-refractivity contribution < 1.29 is 18.6 Å². The van der Waals surface area contributed by atoms with E-state index in [9.17, 15) is 0 Å². The van der Waals surface area contributed by atoms with E-state index in [0.29, 0.717) is 31.3 Å². The van der Waals surface area contributed by atoms with E-state index in [4.69, 9.17) is 35.2 Å². The number of aryl methyl sites for hydroxylation is 1. The zero-order chi connectivity index (χ0) is 32.3. The van der Waals surface area contributed by atoms with Crippen LogP contribution in [0.5, 0.6) is 0 Å². The highest BCUT2D eigenvalue weighted by Gasteiger charge is 2.51. The van der Waals surface area contributed by atoms with Crippen molar-refractivity contribution in [3.8, 4) is 0 Å². The fourth-order valence-corrected chi connectivity index (χ4v) is 11.3. The molecule has 3 aromatic rings. The number of rotatable bonds is 15. The Morgan fingerprint density at radius 1 is 1.07 bits per heavy atom. The van der Waals surface area contributed by atoms with Crippen molar-refractivity contribution in [1.82, 2.24) is 4.98 Å². The molecule has 244 valence electrons. The largest absolute Gasteiger partial charge is 0.400 e. The summed E-state index contributed by atoms with van der Waals surface area (Å²) in [5, 5.41) is 6.17. The summed E-state index contributed by atoms with van der Waals surface area (Å²) >= 11 is 8.44. The first kappa shape index (κ1) is 35.7. The van der Waals surface area contributed by atoms with Crippen molar-refractivity contribution in [2.75, 3.05) is 26.4 Å². The third-order valence-corrected chi connectivity index (χ3v) is 14.3. The predicted molar refractivity (Wildman–Crippen MR) is 191 cm³/mol. The summed E-state index contributed by atoms with van der Waals surface area (Å²) < 4.78 is 25.2. The van der Waals surface area contributed by atoms with Crippen LogP contribution < -0.4 is 10.4 Å². The standard InChI is InChI=1S/C37H50ClNO4SSi/c1-28(25-42-36-19-13-14-22-41-36)24-40-26-31(38)20-21-35(29(2)23-32-27-44-30(3)39-32)43-45(37(4,5)6,33-15-9-7-10-16-33)34-17-11-8-12-18-34/h7-12,15-18,20,23,27-28,35-36H,13-14,19,21-22,24-26H2,1-6H3/t28-,35-,36?/m0/s1. The number of benzene rings is 2. The molecule has 0 saturated carbocycles. The van der Waals surface area contributed by atoms with Crippen LogP contribution in [0, 0.1) is 12.8 Å². The molecular weight excluding hydrogens is 618 g/mol. The zero-order valence-corrected chi connectivity index (χ0v) is 30.3. The molecule has 45 heavy (non-hydrogen) atoms. The summed E-state index contributed by atoms with van der Waals surface area (Å²) in [6, 6.07) is 21.5. The summed E-state index contributed by atoms with van der Waals surface area (Å²) in [5.74, 6) is 0.248. The third-order valence-electron chi connectivity index (χ3n) is 8.16. The monoisotopic (exact) mass is 667 g/mol. The molecule has 2 heterocycles. The second-order valence-corrected chi connectivity index (χ2v) is 18.9. The molecule has 0 bridgehead atoms. The molecule has 1 aromatic heterocycles. The Kier molecular flexibility index (Phi) is 13.6. The highest BCUT2D eigenvalue weighted by atomic mass is 35.5. The third kappa shape index (κ3) is 10.2. The van der Waals surface area contributed by atoms with Gasteiger partial charge in [-0.3, -0.25) is 0 Å². The molecule has 1 saturated heterocycles. The second kappa shape index (κ2) is 17.2. The zero-order valence-electron chi connectivity index (χ0n) is 27.8. The molecule has 0 aliphatic carbocycles. The topological polar surface area (TPSA) is 49.8 Å². The van der Waals surface area contributed by atoms with Gasteiger partial charge in [0.05, 0.1) is 36.6 Å². The highest BCUT2D eigenvalue weighted by molar-refractivity contribution is 7.09. The lowest BCUT2D eigenvalue weighted by Gasteiger charge is -2.45. The molecule has 0 amide bonds. The first-order chi connectivity index (χ1) is 21.6. The Morgan fingerprint density at radius 3 is 2.29 bits per heavy atom. The van der Waals surface area contributed by atoms with Gasteiger partial charge in [0, 0.05) is 22.9 Å². The number of aromatic nitrogens is 1. The molecule has 1 aliphatic rings. The van der Waals surface area contributed by atoms with Crippen LogP contribution in [0.25, 0.3) is 6.08 Å². The van der Waals surface area contributed by atoms with Gasteiger partial charge in [-0.1, -0.05) is 106 Å². The van der Waals surface area contributed by atoms with E-state index in [0.717, 1.165) is 42.1 Å². The van der Waals surface area contributed by atoms with Gasteiger partial charge < -0.3 is 18.6 Å². The van der Waals surface area contributed by atoms with Crippen molar-refractivity contribution in [2.24, 2.45) is 5.92 Å². The molecule has 5 nitrogen and oxygen atoms in total. The van der Waals surface area contributed by atoms with Gasteiger partial charge in [-0.25, -0.2) is 4.98 Å². The van der Waals surface area contributed by atoms with E-state index in [-0.39, 0.29) is 23.4 Å². The normalized spacial score (nSPS) is 18.2. The number of hydrogen-bond donors (Lipinski definition) is 0. The van der Waals surface area contributed by atoms with E-state index < -0.39 is 8.32 Å². The molecule has 0 N–H and O–H groups in total. The quantitative estimate of drug-likeness (QED) is 0.152. The number of nitrogens with zero attached hydrogens (tertiary/aromatic N) is 1. The molecule has 2 aromatic carbocycles.